The Kier molecular flexibility index (Phi) is 7.18. The highest BCUT2D eigenvalue weighted by Gasteiger charge is 2.19. The van der Waals surface area contributed by atoms with Crippen LogP contribution in [-0.4, -0.2) is 44.0 Å². The van der Waals surface area contributed by atoms with Gasteiger partial charge in [-0.1, -0.05) is 24.3 Å². The van der Waals surface area contributed by atoms with E-state index >= 15 is 0 Å². The third kappa shape index (κ3) is 5.14. The Balaban J connectivity index is 1.26. The van der Waals surface area contributed by atoms with Gasteiger partial charge in [0.05, 0.1) is 43.8 Å². The lowest BCUT2D eigenvalue weighted by Crippen LogP contribution is -2.20. The van der Waals surface area contributed by atoms with Crippen molar-refractivity contribution in [2.24, 2.45) is 5.10 Å². The molecule has 226 valence electrons. The van der Waals surface area contributed by atoms with E-state index in [4.69, 9.17) is 37.8 Å². The summed E-state index contributed by atoms with van der Waals surface area (Å²) in [6, 6.07) is 23.5. The molecule has 0 amide bonds. The topological polar surface area (TPSA) is 116 Å². The fourth-order valence-electron chi connectivity index (χ4n) is 5.14. The van der Waals surface area contributed by atoms with Crippen LogP contribution in [0.4, 0.5) is 0 Å². The highest BCUT2D eigenvalue weighted by Crippen LogP contribution is 2.40. The molecule has 0 N–H and O–H groups in total. The summed E-state index contributed by atoms with van der Waals surface area (Å²) in [5.41, 5.74) is 2.22. The summed E-state index contributed by atoms with van der Waals surface area (Å²) < 4.78 is 41.1. The smallest absolute Gasteiger partial charge is 0.282 e. The van der Waals surface area contributed by atoms with Gasteiger partial charge in [0.15, 0.2) is 28.8 Å². The summed E-state index contributed by atoms with van der Waals surface area (Å²) in [4.78, 5) is 18.5. The number of hydrogen-bond donors (Lipinski definition) is 0. The first-order valence-corrected chi connectivity index (χ1v) is 14.0. The fraction of sp³-hybridized carbons (Fsp3) is 0.147. The Labute approximate surface area is 256 Å². The van der Waals surface area contributed by atoms with E-state index in [1.54, 1.807) is 43.5 Å². The van der Waals surface area contributed by atoms with Crippen molar-refractivity contribution >= 4 is 28.1 Å². The zero-order valence-electron chi connectivity index (χ0n) is 24.6. The number of ether oxygens (including phenoxy) is 6. The lowest BCUT2D eigenvalue weighted by Gasteiger charge is -2.15. The number of nitrogens with zero attached hydrogens (tertiary/aromatic N) is 3. The Morgan fingerprint density at radius 1 is 0.844 bits per heavy atom. The first kappa shape index (κ1) is 27.8. The molecule has 11 heteroatoms. The summed E-state index contributed by atoms with van der Waals surface area (Å²) in [7, 11) is 4.66. The standard InChI is InChI=1S/C34H27N3O8/c1-39-25-9-6-10-26-23(25)16-31(45-26)33-36-24-8-5-4-7-22(24)34(38)37(33)35-17-21-14-29(40-2)32(30(15-21)41-3)42-18-20-11-12-27-28(13-20)44-19-43-27/h4-17H,18-19H2,1-3H3. The summed E-state index contributed by atoms with van der Waals surface area (Å²) in [6.07, 6.45) is 1.53. The second-order valence-corrected chi connectivity index (χ2v) is 10.0. The molecular formula is C34H27N3O8. The number of methoxy groups -OCH3 is 3. The maximum absolute atomic E-state index is 13.7. The lowest BCUT2D eigenvalue weighted by atomic mass is 10.2. The molecule has 0 saturated heterocycles. The molecule has 0 atom stereocenters. The van der Waals surface area contributed by atoms with E-state index < -0.39 is 0 Å². The third-order valence-electron chi connectivity index (χ3n) is 7.34. The molecule has 45 heavy (non-hydrogen) atoms. The number of furan rings is 1. The second kappa shape index (κ2) is 11.6. The van der Waals surface area contributed by atoms with Gasteiger partial charge in [0.25, 0.3) is 5.56 Å². The first-order chi connectivity index (χ1) is 22.1. The van der Waals surface area contributed by atoms with Gasteiger partial charge in [-0.25, -0.2) is 4.98 Å². The predicted octanol–water partition coefficient (Wildman–Crippen LogP) is 6.03. The summed E-state index contributed by atoms with van der Waals surface area (Å²) >= 11 is 0. The van der Waals surface area contributed by atoms with Crippen LogP contribution in [0.2, 0.25) is 0 Å². The predicted molar refractivity (Wildman–Crippen MR) is 167 cm³/mol. The Hall–Kier alpha value is -5.97. The zero-order valence-corrected chi connectivity index (χ0v) is 24.6. The molecule has 0 bridgehead atoms. The SMILES string of the molecule is COc1cc(C=Nn2c(-c3cc4c(OC)cccc4o3)nc3ccccc3c2=O)cc(OC)c1OCc1ccc2c(c1)OCO2. The van der Waals surface area contributed by atoms with Gasteiger partial charge in [-0.2, -0.15) is 9.78 Å². The average Bonchev–Trinajstić information content (AvgIpc) is 3.73. The van der Waals surface area contributed by atoms with Gasteiger partial charge in [0.2, 0.25) is 18.4 Å². The average molecular weight is 606 g/mol. The van der Waals surface area contributed by atoms with Crippen LogP contribution in [-0.2, 0) is 6.61 Å². The van der Waals surface area contributed by atoms with Gasteiger partial charge in [-0.3, -0.25) is 4.79 Å². The van der Waals surface area contributed by atoms with Crippen LogP contribution in [0.15, 0.2) is 93.2 Å². The number of benzene rings is 4. The van der Waals surface area contributed by atoms with Crippen LogP contribution in [0.1, 0.15) is 11.1 Å². The van der Waals surface area contributed by atoms with Gasteiger partial charge in [-0.15, -0.1) is 0 Å². The fourth-order valence-corrected chi connectivity index (χ4v) is 5.14. The maximum Gasteiger partial charge on any atom is 0.282 e. The molecule has 0 spiro atoms. The number of rotatable bonds is 9. The first-order valence-electron chi connectivity index (χ1n) is 14.0. The normalized spacial score (nSPS) is 12.2. The van der Waals surface area contributed by atoms with Crippen molar-refractivity contribution in [1.82, 2.24) is 9.66 Å². The van der Waals surface area contributed by atoms with E-state index in [9.17, 15) is 4.79 Å². The molecule has 0 unspecified atom stereocenters. The molecule has 2 aromatic heterocycles. The molecule has 1 aliphatic heterocycles. The third-order valence-corrected chi connectivity index (χ3v) is 7.34. The van der Waals surface area contributed by atoms with Crippen LogP contribution in [0.25, 0.3) is 33.5 Å². The van der Waals surface area contributed by atoms with E-state index in [0.29, 0.717) is 62.3 Å². The van der Waals surface area contributed by atoms with Crippen LogP contribution in [0.5, 0.6) is 34.5 Å². The van der Waals surface area contributed by atoms with E-state index in [0.717, 1.165) is 10.9 Å². The van der Waals surface area contributed by atoms with Crippen LogP contribution < -0.4 is 34.0 Å². The molecule has 6 aromatic rings. The van der Waals surface area contributed by atoms with Crippen molar-refractivity contribution in [3.05, 3.63) is 100 Å². The quantitative estimate of drug-likeness (QED) is 0.182. The Bertz CT molecular complexity index is 2130. The largest absolute Gasteiger partial charge is 0.496 e. The molecule has 11 nitrogen and oxygen atoms in total. The molecular weight excluding hydrogens is 578 g/mol. The van der Waals surface area contributed by atoms with E-state index in [2.05, 4.69) is 5.10 Å². The molecule has 0 radical (unpaired) electrons. The molecule has 0 saturated carbocycles. The van der Waals surface area contributed by atoms with Crippen molar-refractivity contribution in [3.63, 3.8) is 0 Å². The van der Waals surface area contributed by atoms with Crippen LogP contribution in [0, 0.1) is 0 Å². The molecule has 3 heterocycles. The number of aromatic nitrogens is 2. The number of fused-ring (bicyclic) bond motifs is 3. The Morgan fingerprint density at radius 2 is 1.62 bits per heavy atom. The van der Waals surface area contributed by atoms with E-state index in [1.807, 2.05) is 42.5 Å². The molecule has 1 aliphatic rings. The highest BCUT2D eigenvalue weighted by molar-refractivity contribution is 5.89. The van der Waals surface area contributed by atoms with Crippen molar-refractivity contribution in [1.29, 1.82) is 0 Å². The summed E-state index contributed by atoms with van der Waals surface area (Å²) in [5.74, 6) is 3.85. The molecule has 7 rings (SSSR count). The lowest BCUT2D eigenvalue weighted by molar-refractivity contribution is 0.174. The van der Waals surface area contributed by atoms with Gasteiger partial charge >= 0.3 is 0 Å². The minimum Gasteiger partial charge on any atom is -0.496 e. The van der Waals surface area contributed by atoms with Crippen molar-refractivity contribution in [3.8, 4) is 46.1 Å². The number of hydrogen-bond acceptors (Lipinski definition) is 10. The van der Waals surface area contributed by atoms with Crippen molar-refractivity contribution in [2.45, 2.75) is 6.61 Å². The minimum absolute atomic E-state index is 0.195. The highest BCUT2D eigenvalue weighted by atomic mass is 16.7. The monoisotopic (exact) mass is 605 g/mol. The Morgan fingerprint density at radius 3 is 2.42 bits per heavy atom. The van der Waals surface area contributed by atoms with Gasteiger partial charge in [0.1, 0.15) is 17.9 Å². The van der Waals surface area contributed by atoms with Gasteiger partial charge < -0.3 is 32.8 Å². The van der Waals surface area contributed by atoms with E-state index in [-0.39, 0.29) is 24.8 Å². The molecule has 0 fully saturated rings. The molecule has 4 aromatic carbocycles. The van der Waals surface area contributed by atoms with Crippen LogP contribution in [0.3, 0.4) is 0 Å². The summed E-state index contributed by atoms with van der Waals surface area (Å²) in [6.45, 7) is 0.431. The van der Waals surface area contributed by atoms with Crippen LogP contribution >= 0.6 is 0 Å². The second-order valence-electron chi connectivity index (χ2n) is 10.0. The van der Waals surface area contributed by atoms with E-state index in [1.165, 1.54) is 25.1 Å². The number of para-hydroxylation sites is 1. The maximum atomic E-state index is 13.7. The molecule has 0 aliphatic carbocycles. The zero-order chi connectivity index (χ0) is 30.9. The van der Waals surface area contributed by atoms with Gasteiger partial charge in [-0.05, 0) is 60.2 Å². The summed E-state index contributed by atoms with van der Waals surface area (Å²) in [5, 5.41) is 5.73. The van der Waals surface area contributed by atoms with Crippen molar-refractivity contribution in [2.75, 3.05) is 28.1 Å². The van der Waals surface area contributed by atoms with Crippen molar-refractivity contribution < 1.29 is 32.8 Å². The van der Waals surface area contributed by atoms with Gasteiger partial charge in [0, 0.05) is 5.56 Å². The minimum atomic E-state index is -0.359.